The van der Waals surface area contributed by atoms with Gasteiger partial charge in [-0.3, -0.25) is 4.79 Å². The summed E-state index contributed by atoms with van der Waals surface area (Å²) < 4.78 is 5.73. The van der Waals surface area contributed by atoms with Gasteiger partial charge >= 0.3 is 0 Å². The SMILES string of the molecule is COc1ccc(C(=O)N/N=C(/C)c2ccc(Cl)s2)cc1. The molecule has 2 aromatic rings. The number of nitrogens with zero attached hydrogens (tertiary/aromatic N) is 1. The zero-order valence-corrected chi connectivity index (χ0v) is 12.6. The van der Waals surface area contributed by atoms with E-state index in [1.807, 2.05) is 13.0 Å². The number of amides is 1. The number of halogens is 1. The summed E-state index contributed by atoms with van der Waals surface area (Å²) in [6, 6.07) is 10.5. The van der Waals surface area contributed by atoms with Gasteiger partial charge in [0.25, 0.3) is 5.91 Å². The standard InChI is InChI=1S/C14H13ClN2O2S/c1-9(12-7-8-13(15)20-12)16-17-14(18)10-3-5-11(19-2)6-4-10/h3-8H,1-2H3,(H,17,18)/b16-9-. The number of hydrogen-bond acceptors (Lipinski definition) is 4. The molecular formula is C14H13ClN2O2S. The molecule has 0 radical (unpaired) electrons. The molecule has 0 fully saturated rings. The van der Waals surface area contributed by atoms with Gasteiger partial charge in [0.1, 0.15) is 5.75 Å². The fourth-order valence-electron chi connectivity index (χ4n) is 1.51. The van der Waals surface area contributed by atoms with Gasteiger partial charge in [0.2, 0.25) is 0 Å². The maximum atomic E-state index is 11.9. The minimum atomic E-state index is -0.269. The highest BCUT2D eigenvalue weighted by Gasteiger charge is 2.06. The Kier molecular flexibility index (Phi) is 4.76. The van der Waals surface area contributed by atoms with Crippen LogP contribution in [0.1, 0.15) is 22.2 Å². The minimum Gasteiger partial charge on any atom is -0.497 e. The predicted octanol–water partition coefficient (Wildman–Crippen LogP) is 3.56. The third kappa shape index (κ3) is 3.59. The van der Waals surface area contributed by atoms with Gasteiger partial charge in [0.15, 0.2) is 0 Å². The highest BCUT2D eigenvalue weighted by atomic mass is 35.5. The molecule has 6 heteroatoms. The lowest BCUT2D eigenvalue weighted by Gasteiger charge is -2.03. The molecule has 0 saturated heterocycles. The number of rotatable bonds is 4. The molecule has 0 unspecified atom stereocenters. The zero-order valence-electron chi connectivity index (χ0n) is 11.0. The predicted molar refractivity (Wildman–Crippen MR) is 82.0 cm³/mol. The Hall–Kier alpha value is -1.85. The van der Waals surface area contributed by atoms with Crippen LogP contribution in [-0.2, 0) is 0 Å². The molecule has 2 rings (SSSR count). The van der Waals surface area contributed by atoms with Crippen LogP contribution in [0.5, 0.6) is 5.75 Å². The van der Waals surface area contributed by atoms with Crippen LogP contribution >= 0.6 is 22.9 Å². The molecule has 0 aliphatic carbocycles. The van der Waals surface area contributed by atoms with Crippen molar-refractivity contribution in [3.63, 3.8) is 0 Å². The van der Waals surface area contributed by atoms with Crippen molar-refractivity contribution in [2.45, 2.75) is 6.92 Å². The van der Waals surface area contributed by atoms with Crippen LogP contribution < -0.4 is 10.2 Å². The molecule has 104 valence electrons. The van der Waals surface area contributed by atoms with Gasteiger partial charge in [0.05, 0.1) is 22.0 Å². The number of carbonyl (C=O) groups excluding carboxylic acids is 1. The van der Waals surface area contributed by atoms with E-state index in [4.69, 9.17) is 16.3 Å². The number of hydrogen-bond donors (Lipinski definition) is 1. The van der Waals surface area contributed by atoms with Crippen LogP contribution in [0.4, 0.5) is 0 Å². The molecule has 0 aliphatic rings. The van der Waals surface area contributed by atoms with Gasteiger partial charge in [-0.2, -0.15) is 5.10 Å². The monoisotopic (exact) mass is 308 g/mol. The summed E-state index contributed by atoms with van der Waals surface area (Å²) in [5.41, 5.74) is 3.75. The summed E-state index contributed by atoms with van der Waals surface area (Å²) >= 11 is 7.27. The Labute approximate surface area is 126 Å². The second-order valence-corrected chi connectivity index (χ2v) is 5.69. The molecule has 1 amide bonds. The first kappa shape index (κ1) is 14.6. The van der Waals surface area contributed by atoms with E-state index in [9.17, 15) is 4.79 Å². The van der Waals surface area contributed by atoms with Gasteiger partial charge in [-0.05, 0) is 43.3 Å². The average molecular weight is 309 g/mol. The number of nitrogens with one attached hydrogen (secondary N) is 1. The van der Waals surface area contributed by atoms with E-state index in [0.717, 1.165) is 4.88 Å². The van der Waals surface area contributed by atoms with Crippen molar-refractivity contribution >= 4 is 34.6 Å². The van der Waals surface area contributed by atoms with Gasteiger partial charge in [-0.1, -0.05) is 11.6 Å². The van der Waals surface area contributed by atoms with E-state index in [0.29, 0.717) is 21.4 Å². The van der Waals surface area contributed by atoms with Crippen molar-refractivity contribution < 1.29 is 9.53 Å². The first-order chi connectivity index (χ1) is 9.60. The Balaban J connectivity index is 2.03. The number of thiophene rings is 1. The second-order valence-electron chi connectivity index (χ2n) is 3.97. The fraction of sp³-hybridized carbons (Fsp3) is 0.143. The van der Waals surface area contributed by atoms with Gasteiger partial charge in [-0.15, -0.1) is 11.3 Å². The van der Waals surface area contributed by atoms with E-state index in [2.05, 4.69) is 10.5 Å². The van der Waals surface area contributed by atoms with Crippen LogP contribution in [0.2, 0.25) is 4.34 Å². The number of benzene rings is 1. The van der Waals surface area contributed by atoms with Crippen LogP contribution in [0.3, 0.4) is 0 Å². The van der Waals surface area contributed by atoms with Gasteiger partial charge in [-0.25, -0.2) is 5.43 Å². The Morgan fingerprint density at radius 1 is 1.25 bits per heavy atom. The van der Waals surface area contributed by atoms with Crippen molar-refractivity contribution in [1.29, 1.82) is 0 Å². The summed E-state index contributed by atoms with van der Waals surface area (Å²) in [4.78, 5) is 12.8. The topological polar surface area (TPSA) is 50.7 Å². The lowest BCUT2D eigenvalue weighted by atomic mass is 10.2. The summed E-state index contributed by atoms with van der Waals surface area (Å²) in [7, 11) is 1.58. The summed E-state index contributed by atoms with van der Waals surface area (Å²) in [6.45, 7) is 1.82. The molecule has 1 aromatic heterocycles. The van der Waals surface area contributed by atoms with E-state index < -0.39 is 0 Å². The Morgan fingerprint density at radius 2 is 1.95 bits per heavy atom. The van der Waals surface area contributed by atoms with Crippen molar-refractivity contribution in [3.8, 4) is 5.75 Å². The first-order valence-electron chi connectivity index (χ1n) is 5.84. The molecule has 0 atom stereocenters. The van der Waals surface area contributed by atoms with Crippen molar-refractivity contribution in [2.24, 2.45) is 5.10 Å². The second kappa shape index (κ2) is 6.54. The highest BCUT2D eigenvalue weighted by molar-refractivity contribution is 7.18. The first-order valence-corrected chi connectivity index (χ1v) is 7.04. The lowest BCUT2D eigenvalue weighted by molar-refractivity contribution is 0.0955. The molecule has 20 heavy (non-hydrogen) atoms. The largest absolute Gasteiger partial charge is 0.497 e. The number of hydrazone groups is 1. The molecule has 0 aliphatic heterocycles. The van der Waals surface area contributed by atoms with Crippen molar-refractivity contribution in [2.75, 3.05) is 7.11 Å². The van der Waals surface area contributed by atoms with Crippen molar-refractivity contribution in [1.82, 2.24) is 5.43 Å². The van der Waals surface area contributed by atoms with Crippen LogP contribution in [0.15, 0.2) is 41.5 Å². The van der Waals surface area contributed by atoms with Gasteiger partial charge < -0.3 is 4.74 Å². The van der Waals surface area contributed by atoms with Crippen LogP contribution in [-0.4, -0.2) is 18.7 Å². The summed E-state index contributed by atoms with van der Waals surface area (Å²) in [5.74, 6) is 0.434. The molecule has 1 N–H and O–H groups in total. The van der Waals surface area contributed by atoms with E-state index >= 15 is 0 Å². The Morgan fingerprint density at radius 3 is 2.50 bits per heavy atom. The molecule has 0 saturated carbocycles. The zero-order chi connectivity index (χ0) is 14.5. The van der Waals surface area contributed by atoms with E-state index in [1.165, 1.54) is 11.3 Å². The molecule has 0 spiro atoms. The maximum absolute atomic E-state index is 11.9. The van der Waals surface area contributed by atoms with Gasteiger partial charge in [0, 0.05) is 5.56 Å². The minimum absolute atomic E-state index is 0.269. The number of carbonyl (C=O) groups is 1. The third-order valence-electron chi connectivity index (χ3n) is 2.61. The summed E-state index contributed by atoms with van der Waals surface area (Å²) in [6.07, 6.45) is 0. The summed E-state index contributed by atoms with van der Waals surface area (Å²) in [5, 5.41) is 4.06. The molecule has 1 heterocycles. The number of ether oxygens (including phenoxy) is 1. The molecule has 4 nitrogen and oxygen atoms in total. The van der Waals surface area contributed by atoms with E-state index in [-0.39, 0.29) is 5.91 Å². The smallest absolute Gasteiger partial charge is 0.271 e. The van der Waals surface area contributed by atoms with Crippen molar-refractivity contribution in [3.05, 3.63) is 51.2 Å². The van der Waals surface area contributed by atoms with E-state index in [1.54, 1.807) is 37.4 Å². The fourth-order valence-corrected chi connectivity index (χ4v) is 2.49. The maximum Gasteiger partial charge on any atom is 0.271 e. The third-order valence-corrected chi connectivity index (χ3v) is 3.95. The lowest BCUT2D eigenvalue weighted by Crippen LogP contribution is -2.19. The normalized spacial score (nSPS) is 11.2. The van der Waals surface area contributed by atoms with Crippen LogP contribution in [0, 0.1) is 0 Å². The number of methoxy groups -OCH3 is 1. The quantitative estimate of drug-likeness (QED) is 0.693. The molecule has 1 aromatic carbocycles. The molecular weight excluding hydrogens is 296 g/mol. The molecule has 0 bridgehead atoms. The highest BCUT2D eigenvalue weighted by Crippen LogP contribution is 2.21. The average Bonchev–Trinajstić information content (AvgIpc) is 2.91. The van der Waals surface area contributed by atoms with Crippen LogP contribution in [0.25, 0.3) is 0 Å². The Bertz CT molecular complexity index is 635.